The smallest absolute Gasteiger partial charge is 0.296 e. The van der Waals surface area contributed by atoms with Crippen LogP contribution in [0.3, 0.4) is 0 Å². The van der Waals surface area contributed by atoms with Gasteiger partial charge in [-0.15, -0.1) is 0 Å². The van der Waals surface area contributed by atoms with Gasteiger partial charge < -0.3 is 21.7 Å². The molecule has 0 bridgehead atoms. The fourth-order valence-electron chi connectivity index (χ4n) is 5.23. The summed E-state index contributed by atoms with van der Waals surface area (Å²) in [4.78, 5) is 33.9. The van der Waals surface area contributed by atoms with Gasteiger partial charge in [-0.3, -0.25) is 24.0 Å². The number of nitrogens with zero attached hydrogens (tertiary/aromatic N) is 2. The van der Waals surface area contributed by atoms with Gasteiger partial charge >= 0.3 is 0 Å². The third-order valence-corrected chi connectivity index (χ3v) is 9.06. The van der Waals surface area contributed by atoms with Crippen molar-refractivity contribution >= 4 is 72.2 Å². The van der Waals surface area contributed by atoms with Crippen molar-refractivity contribution in [2.24, 2.45) is 9.98 Å². The number of benzene rings is 4. The summed E-state index contributed by atoms with van der Waals surface area (Å²) in [6.45, 7) is 5.66. The van der Waals surface area contributed by atoms with E-state index in [0.717, 1.165) is 17.7 Å². The summed E-state index contributed by atoms with van der Waals surface area (Å²) in [6.07, 6.45) is 0. The molecule has 1 aliphatic carbocycles. The van der Waals surface area contributed by atoms with E-state index in [1.165, 1.54) is 36.4 Å². The van der Waals surface area contributed by atoms with Crippen molar-refractivity contribution in [2.75, 3.05) is 21.7 Å². The van der Waals surface area contributed by atoms with Crippen LogP contribution in [0.1, 0.15) is 37.4 Å². The molecule has 0 atom stereocenters. The number of hydrogen-bond donors (Lipinski definition) is 7. The van der Waals surface area contributed by atoms with Gasteiger partial charge in [0.25, 0.3) is 20.2 Å². The molecule has 4 aromatic carbocycles. The molecule has 2 aliphatic rings. The van der Waals surface area contributed by atoms with E-state index in [-0.39, 0.29) is 51.5 Å². The minimum atomic E-state index is -5.00. The molecule has 15 nitrogen and oxygen atoms in total. The van der Waals surface area contributed by atoms with E-state index < -0.39 is 52.8 Å². The minimum Gasteiger partial charge on any atom is -0.397 e. The summed E-state index contributed by atoms with van der Waals surface area (Å²) >= 11 is 0. The van der Waals surface area contributed by atoms with Gasteiger partial charge in [-0.2, -0.15) is 26.8 Å². The lowest BCUT2D eigenvalue weighted by Gasteiger charge is -2.24. The molecule has 0 radical (unpaired) electrons. The number of hydrogen-bond acceptors (Lipinski definition) is 13. The summed E-state index contributed by atoms with van der Waals surface area (Å²) in [5.74, 6) is -1.14. The summed E-state index contributed by atoms with van der Waals surface area (Å²) in [5.41, 5.74) is 5.85. The van der Waals surface area contributed by atoms with Crippen molar-refractivity contribution in [1.29, 1.82) is 0 Å². The molecule has 1 aliphatic heterocycles. The van der Waals surface area contributed by atoms with E-state index in [1.54, 1.807) is 6.07 Å². The SMILES string of the molecule is C=C1N=C(Nc2cccc(C)c2)NC(Nc2ccc(Nc3cc(S(=O)(=O)O)c(N)c4c3C(=O)c3ccccc3C4=O)cc2S(=O)(=O)O)=N1. The van der Waals surface area contributed by atoms with Crippen LogP contribution in [-0.2, 0) is 20.2 Å². The van der Waals surface area contributed by atoms with Gasteiger partial charge in [0, 0.05) is 22.5 Å². The Morgan fingerprint density at radius 2 is 1.31 bits per heavy atom. The number of nitrogens with one attached hydrogen (secondary N) is 4. The zero-order valence-electron chi connectivity index (χ0n) is 24.8. The highest BCUT2D eigenvalue weighted by Gasteiger charge is 2.36. The second kappa shape index (κ2) is 11.7. The van der Waals surface area contributed by atoms with Crippen LogP contribution in [0.2, 0.25) is 0 Å². The first-order valence-electron chi connectivity index (χ1n) is 13.8. The predicted octanol–water partition coefficient (Wildman–Crippen LogP) is 3.90. The van der Waals surface area contributed by atoms with E-state index in [0.29, 0.717) is 5.69 Å². The van der Waals surface area contributed by atoms with Crippen molar-refractivity contribution < 1.29 is 35.5 Å². The van der Waals surface area contributed by atoms with E-state index in [4.69, 9.17) is 5.73 Å². The number of anilines is 5. The predicted molar refractivity (Wildman–Crippen MR) is 179 cm³/mol. The van der Waals surface area contributed by atoms with E-state index >= 15 is 0 Å². The number of carbonyl (C=O) groups is 2. The Balaban J connectivity index is 1.37. The lowest BCUT2D eigenvalue weighted by atomic mass is 9.82. The third kappa shape index (κ3) is 6.13. The monoisotopic (exact) mass is 687 g/mol. The van der Waals surface area contributed by atoms with Crippen LogP contribution >= 0.6 is 0 Å². The second-order valence-corrected chi connectivity index (χ2v) is 13.4. The second-order valence-electron chi connectivity index (χ2n) is 10.7. The first-order valence-corrected chi connectivity index (χ1v) is 16.7. The number of ketones is 2. The van der Waals surface area contributed by atoms with Crippen LogP contribution in [0.15, 0.2) is 105 Å². The fraction of sp³-hybridized carbons (Fsp3) is 0.0323. The maximum Gasteiger partial charge on any atom is 0.296 e. The lowest BCUT2D eigenvalue weighted by Crippen LogP contribution is -2.42. The number of nitrogens with two attached hydrogens (primary N) is 1. The van der Waals surface area contributed by atoms with Gasteiger partial charge in [-0.1, -0.05) is 43.0 Å². The Morgan fingerprint density at radius 3 is 1.94 bits per heavy atom. The zero-order valence-corrected chi connectivity index (χ0v) is 26.4. The van der Waals surface area contributed by atoms with Gasteiger partial charge in [0.05, 0.1) is 28.2 Å². The number of aryl methyl sites for hydroxylation is 1. The molecule has 8 N–H and O–H groups in total. The summed E-state index contributed by atoms with van der Waals surface area (Å²) in [6, 6.07) is 17.7. The van der Waals surface area contributed by atoms with Gasteiger partial charge in [0.1, 0.15) is 9.79 Å². The van der Waals surface area contributed by atoms with Gasteiger partial charge in [0.15, 0.2) is 17.4 Å². The Bertz CT molecular complexity index is 2390. The number of nitrogen functional groups attached to an aromatic ring is 1. The highest BCUT2D eigenvalue weighted by molar-refractivity contribution is 7.86. The molecule has 0 spiro atoms. The van der Waals surface area contributed by atoms with Gasteiger partial charge in [-0.25, -0.2) is 0 Å². The standard InChI is InChI=1S/C31H25N7O8S2/c1-15-6-5-7-17(12-15)36-30-33-16(2)34-31(38-30)37-21-11-10-18(13-23(21)47(41,42)43)35-22-14-24(48(44,45)46)27(32)26-25(22)28(39)19-8-3-4-9-20(19)29(26)40/h3-14,35H,2,32H2,1H3,(H,41,42,43)(H,44,45,46)(H3,33,34,36,37,38). The number of aliphatic imine (C=N–C) groups is 2. The van der Waals surface area contributed by atoms with Crippen molar-refractivity contribution in [2.45, 2.75) is 16.7 Å². The number of rotatable bonds is 6. The molecule has 6 rings (SSSR count). The van der Waals surface area contributed by atoms with Crippen LogP contribution in [0.5, 0.6) is 0 Å². The first kappa shape index (κ1) is 32.1. The summed E-state index contributed by atoms with van der Waals surface area (Å²) < 4.78 is 69.6. The number of fused-ring (bicyclic) bond motifs is 2. The van der Waals surface area contributed by atoms with E-state index in [1.807, 2.05) is 25.1 Å². The molecule has 0 amide bonds. The van der Waals surface area contributed by atoms with Crippen molar-refractivity contribution in [1.82, 2.24) is 5.32 Å². The zero-order chi connectivity index (χ0) is 34.5. The largest absolute Gasteiger partial charge is 0.397 e. The van der Waals surface area contributed by atoms with Crippen LogP contribution in [0.25, 0.3) is 0 Å². The topological polar surface area (TPSA) is 242 Å². The molecule has 244 valence electrons. The van der Waals surface area contributed by atoms with Gasteiger partial charge in [0.2, 0.25) is 11.9 Å². The third-order valence-electron chi connectivity index (χ3n) is 7.27. The fourth-order valence-corrected chi connectivity index (χ4v) is 6.55. The van der Waals surface area contributed by atoms with Crippen LogP contribution in [0, 0.1) is 6.92 Å². The molecule has 0 saturated carbocycles. The molecule has 1 heterocycles. The molecule has 0 saturated heterocycles. The highest BCUT2D eigenvalue weighted by atomic mass is 32.2. The average molecular weight is 688 g/mol. The molecule has 0 unspecified atom stereocenters. The molecule has 0 fully saturated rings. The highest BCUT2D eigenvalue weighted by Crippen LogP contribution is 2.40. The van der Waals surface area contributed by atoms with Crippen LogP contribution in [0.4, 0.5) is 28.4 Å². The average Bonchev–Trinajstić information content (AvgIpc) is 3.00. The molecule has 4 aromatic rings. The van der Waals surface area contributed by atoms with Crippen LogP contribution < -0.4 is 27.0 Å². The van der Waals surface area contributed by atoms with Crippen LogP contribution in [-0.4, -0.2) is 49.4 Å². The summed E-state index contributed by atoms with van der Waals surface area (Å²) in [5, 5.41) is 11.5. The number of carbonyl (C=O) groups excluding carboxylic acids is 2. The van der Waals surface area contributed by atoms with E-state index in [9.17, 15) is 35.5 Å². The van der Waals surface area contributed by atoms with Crippen molar-refractivity contribution in [3.8, 4) is 0 Å². The van der Waals surface area contributed by atoms with Crippen molar-refractivity contribution in [3.63, 3.8) is 0 Å². The molecular formula is C31H25N7O8S2. The van der Waals surface area contributed by atoms with Crippen molar-refractivity contribution in [3.05, 3.63) is 113 Å². The maximum atomic E-state index is 13.6. The molecular weight excluding hydrogens is 663 g/mol. The maximum absolute atomic E-state index is 13.6. The minimum absolute atomic E-state index is 0.00364. The Kier molecular flexibility index (Phi) is 7.84. The number of guanidine groups is 2. The van der Waals surface area contributed by atoms with E-state index in [2.05, 4.69) is 37.8 Å². The quantitative estimate of drug-likeness (QED) is 0.0991. The lowest BCUT2D eigenvalue weighted by molar-refractivity contribution is 0.0980. The first-order chi connectivity index (χ1) is 22.6. The molecule has 17 heteroatoms. The summed E-state index contributed by atoms with van der Waals surface area (Å²) in [7, 11) is -9.93. The normalized spacial score (nSPS) is 14.3. The Morgan fingerprint density at radius 1 is 0.708 bits per heavy atom. The Hall–Kier alpha value is -5.88. The molecule has 0 aromatic heterocycles. The van der Waals surface area contributed by atoms with Gasteiger partial charge in [-0.05, 0) is 48.9 Å². The molecule has 48 heavy (non-hydrogen) atoms. The Labute approximate surface area is 273 Å².